The monoisotopic (exact) mass is 318 g/mol. The fraction of sp³-hybridized carbons (Fsp3) is 0.684. The second kappa shape index (κ2) is 8.13. The number of para-hydroxylation sites is 1. The van der Waals surface area contributed by atoms with Crippen LogP contribution in [0.25, 0.3) is 0 Å². The molecule has 1 N–H and O–H groups in total. The lowest BCUT2D eigenvalue weighted by Gasteiger charge is -2.37. The highest BCUT2D eigenvalue weighted by Crippen LogP contribution is 2.27. The fourth-order valence-corrected chi connectivity index (χ4v) is 3.77. The molecular weight excluding hydrogens is 288 g/mol. The van der Waals surface area contributed by atoms with Gasteiger partial charge in [-0.2, -0.15) is 0 Å². The predicted molar refractivity (Wildman–Crippen MR) is 93.9 cm³/mol. The van der Waals surface area contributed by atoms with Crippen molar-refractivity contribution in [2.75, 3.05) is 44.2 Å². The molecule has 1 heterocycles. The fourth-order valence-electron chi connectivity index (χ4n) is 3.77. The lowest BCUT2D eigenvalue weighted by molar-refractivity contribution is -0.0321. The maximum absolute atomic E-state index is 10.3. The van der Waals surface area contributed by atoms with Gasteiger partial charge in [0.25, 0.3) is 0 Å². The molecule has 1 aliphatic carbocycles. The molecule has 1 aromatic carbocycles. The number of ether oxygens (including phenoxy) is 1. The van der Waals surface area contributed by atoms with E-state index in [-0.39, 0.29) is 6.10 Å². The molecule has 2 aliphatic rings. The molecule has 0 bridgehead atoms. The Morgan fingerprint density at radius 3 is 2.52 bits per heavy atom. The van der Waals surface area contributed by atoms with Crippen molar-refractivity contribution in [1.29, 1.82) is 0 Å². The topological polar surface area (TPSA) is 35.9 Å². The summed E-state index contributed by atoms with van der Waals surface area (Å²) in [4.78, 5) is 4.77. The SMILES string of the molecule is C[C@@H]1CCC[C@@H]1OC[C@H](O)CN1CCN(c2ccccc2)CC1. The van der Waals surface area contributed by atoms with Gasteiger partial charge in [0.15, 0.2) is 0 Å². The molecule has 0 unspecified atom stereocenters. The summed E-state index contributed by atoms with van der Waals surface area (Å²) in [5.41, 5.74) is 1.30. The van der Waals surface area contributed by atoms with Crippen LogP contribution in [0.4, 0.5) is 5.69 Å². The molecule has 128 valence electrons. The highest BCUT2D eigenvalue weighted by Gasteiger charge is 2.25. The second-order valence-corrected chi connectivity index (χ2v) is 7.06. The van der Waals surface area contributed by atoms with Gasteiger partial charge in [-0.1, -0.05) is 31.5 Å². The van der Waals surface area contributed by atoms with Gasteiger partial charge in [-0.15, -0.1) is 0 Å². The maximum atomic E-state index is 10.3. The average molecular weight is 318 g/mol. The third-order valence-electron chi connectivity index (χ3n) is 5.25. The number of rotatable bonds is 6. The van der Waals surface area contributed by atoms with E-state index in [1.807, 2.05) is 0 Å². The number of anilines is 1. The van der Waals surface area contributed by atoms with Crippen molar-refractivity contribution >= 4 is 5.69 Å². The maximum Gasteiger partial charge on any atom is 0.0900 e. The number of benzene rings is 1. The van der Waals surface area contributed by atoms with E-state index in [0.717, 1.165) is 39.1 Å². The van der Waals surface area contributed by atoms with Crippen molar-refractivity contribution in [3.63, 3.8) is 0 Å². The quantitative estimate of drug-likeness (QED) is 0.873. The molecule has 2 fully saturated rings. The summed E-state index contributed by atoms with van der Waals surface area (Å²) in [6, 6.07) is 10.6. The van der Waals surface area contributed by atoms with Crippen LogP contribution in [0.5, 0.6) is 0 Å². The minimum absolute atomic E-state index is 0.361. The van der Waals surface area contributed by atoms with Gasteiger partial charge in [-0.25, -0.2) is 0 Å². The average Bonchev–Trinajstić information content (AvgIpc) is 3.00. The first-order chi connectivity index (χ1) is 11.2. The molecule has 0 aromatic heterocycles. The van der Waals surface area contributed by atoms with Crippen LogP contribution < -0.4 is 4.90 Å². The van der Waals surface area contributed by atoms with Gasteiger partial charge >= 0.3 is 0 Å². The number of hydrogen-bond donors (Lipinski definition) is 1. The van der Waals surface area contributed by atoms with Crippen LogP contribution in [0, 0.1) is 5.92 Å². The zero-order valence-electron chi connectivity index (χ0n) is 14.2. The summed E-state index contributed by atoms with van der Waals surface area (Å²) < 4.78 is 5.92. The molecule has 4 nitrogen and oxygen atoms in total. The van der Waals surface area contributed by atoms with E-state index in [9.17, 15) is 5.11 Å². The molecule has 1 aromatic rings. The Bertz CT molecular complexity index is 460. The van der Waals surface area contributed by atoms with Crippen LogP contribution in [-0.4, -0.2) is 61.5 Å². The van der Waals surface area contributed by atoms with Crippen molar-refractivity contribution in [3.8, 4) is 0 Å². The Labute approximate surface area is 140 Å². The summed E-state index contributed by atoms with van der Waals surface area (Å²) >= 11 is 0. The normalized spacial score (nSPS) is 27.3. The first kappa shape index (κ1) is 16.7. The van der Waals surface area contributed by atoms with Gasteiger partial charge in [0.1, 0.15) is 0 Å². The van der Waals surface area contributed by atoms with E-state index < -0.39 is 0 Å². The summed E-state index contributed by atoms with van der Waals surface area (Å²) in [5.74, 6) is 0.650. The van der Waals surface area contributed by atoms with Crippen molar-refractivity contribution < 1.29 is 9.84 Å². The minimum atomic E-state index is -0.369. The van der Waals surface area contributed by atoms with Crippen molar-refractivity contribution in [1.82, 2.24) is 4.90 Å². The van der Waals surface area contributed by atoms with Gasteiger partial charge in [-0.05, 0) is 30.9 Å². The molecule has 0 amide bonds. The number of piperazine rings is 1. The number of aliphatic hydroxyl groups excluding tert-OH is 1. The summed E-state index contributed by atoms with van der Waals surface area (Å²) in [6.45, 7) is 7.52. The van der Waals surface area contributed by atoms with Crippen molar-refractivity contribution in [2.24, 2.45) is 5.92 Å². The molecule has 0 spiro atoms. The molecule has 1 saturated heterocycles. The van der Waals surface area contributed by atoms with Crippen molar-refractivity contribution in [2.45, 2.75) is 38.4 Å². The molecule has 3 atom stereocenters. The number of nitrogens with zero attached hydrogens (tertiary/aromatic N) is 2. The van der Waals surface area contributed by atoms with Crippen LogP contribution in [0.15, 0.2) is 30.3 Å². The highest BCUT2D eigenvalue weighted by atomic mass is 16.5. The van der Waals surface area contributed by atoms with Gasteiger partial charge in [0.05, 0.1) is 18.8 Å². The minimum Gasteiger partial charge on any atom is -0.389 e. The lowest BCUT2D eigenvalue weighted by Crippen LogP contribution is -2.49. The van der Waals surface area contributed by atoms with E-state index >= 15 is 0 Å². The number of β-amino-alcohol motifs (C(OH)–C–C–N with tert-alkyl or cyclic N) is 1. The Morgan fingerprint density at radius 1 is 1.13 bits per heavy atom. The molecule has 3 rings (SSSR count). The van der Waals surface area contributed by atoms with Crippen molar-refractivity contribution in [3.05, 3.63) is 30.3 Å². The van der Waals surface area contributed by atoms with E-state index in [4.69, 9.17) is 4.74 Å². The molecule has 0 radical (unpaired) electrons. The van der Waals surface area contributed by atoms with Crippen LogP contribution in [0.2, 0.25) is 0 Å². The Balaban J connectivity index is 1.36. The van der Waals surface area contributed by atoms with Crippen LogP contribution in [0.3, 0.4) is 0 Å². The molecule has 1 saturated carbocycles. The third-order valence-corrected chi connectivity index (χ3v) is 5.25. The van der Waals surface area contributed by atoms with Crippen LogP contribution in [0.1, 0.15) is 26.2 Å². The molecular formula is C19H30N2O2. The zero-order valence-corrected chi connectivity index (χ0v) is 14.2. The summed E-state index contributed by atoms with van der Waals surface area (Å²) in [7, 11) is 0. The first-order valence-electron chi connectivity index (χ1n) is 9.04. The van der Waals surface area contributed by atoms with Crippen LogP contribution >= 0.6 is 0 Å². The smallest absolute Gasteiger partial charge is 0.0900 e. The van der Waals surface area contributed by atoms with E-state index in [2.05, 4.69) is 47.1 Å². The molecule has 1 aliphatic heterocycles. The van der Waals surface area contributed by atoms with Gasteiger partial charge < -0.3 is 14.7 Å². The zero-order chi connectivity index (χ0) is 16.1. The van der Waals surface area contributed by atoms with E-state index in [1.165, 1.54) is 18.5 Å². The highest BCUT2D eigenvalue weighted by molar-refractivity contribution is 5.46. The Morgan fingerprint density at radius 2 is 1.87 bits per heavy atom. The summed E-state index contributed by atoms with van der Waals surface area (Å²) in [6.07, 6.45) is 3.68. The van der Waals surface area contributed by atoms with Gasteiger partial charge in [0.2, 0.25) is 0 Å². The van der Waals surface area contributed by atoms with Gasteiger partial charge in [-0.3, -0.25) is 4.90 Å². The largest absolute Gasteiger partial charge is 0.389 e. The van der Waals surface area contributed by atoms with E-state index in [1.54, 1.807) is 0 Å². The summed E-state index contributed by atoms with van der Waals surface area (Å²) in [5, 5.41) is 10.3. The lowest BCUT2D eigenvalue weighted by atomic mass is 10.1. The van der Waals surface area contributed by atoms with E-state index in [0.29, 0.717) is 18.6 Å². The number of hydrogen-bond acceptors (Lipinski definition) is 4. The second-order valence-electron chi connectivity index (χ2n) is 7.06. The number of aliphatic hydroxyl groups is 1. The Kier molecular flexibility index (Phi) is 5.92. The first-order valence-corrected chi connectivity index (χ1v) is 9.04. The van der Waals surface area contributed by atoms with Crippen LogP contribution in [-0.2, 0) is 4.74 Å². The standard InChI is InChI=1S/C19H30N2O2/c1-16-6-5-9-19(16)23-15-18(22)14-20-10-12-21(13-11-20)17-7-3-2-4-8-17/h2-4,7-8,16,18-19,22H,5-6,9-15H2,1H3/t16-,18-,19+/m1/s1. The molecule has 4 heteroatoms. The Hall–Kier alpha value is -1.10. The third kappa shape index (κ3) is 4.69. The van der Waals surface area contributed by atoms with Gasteiger partial charge in [0, 0.05) is 38.4 Å². The molecule has 23 heavy (non-hydrogen) atoms. The predicted octanol–water partition coefficient (Wildman–Crippen LogP) is 2.37.